The molecule has 0 fully saturated rings. The predicted molar refractivity (Wildman–Crippen MR) is 67.2 cm³/mol. The maximum atomic E-state index is 6.15. The minimum Gasteiger partial charge on any atom is -0.379 e. The summed E-state index contributed by atoms with van der Waals surface area (Å²) in [6.07, 6.45) is -0.00935. The molecule has 90 valence electrons. The minimum absolute atomic E-state index is 0.00935. The molecule has 1 rings (SSSR count). The van der Waals surface area contributed by atoms with E-state index in [9.17, 15) is 0 Å². The van der Waals surface area contributed by atoms with Gasteiger partial charge in [-0.25, -0.2) is 0 Å². The van der Waals surface area contributed by atoms with E-state index in [0.717, 1.165) is 5.56 Å². The van der Waals surface area contributed by atoms with E-state index in [1.54, 1.807) is 7.11 Å². The zero-order valence-corrected chi connectivity index (χ0v) is 10.7. The third-order valence-corrected chi connectivity index (χ3v) is 3.02. The molecule has 2 atom stereocenters. The molecule has 16 heavy (non-hydrogen) atoms. The van der Waals surface area contributed by atoms with E-state index >= 15 is 0 Å². The Kier molecular flexibility index (Phi) is 5.22. The van der Waals surface area contributed by atoms with Crippen molar-refractivity contribution in [1.82, 2.24) is 5.43 Å². The van der Waals surface area contributed by atoms with Gasteiger partial charge in [0, 0.05) is 12.1 Å². The van der Waals surface area contributed by atoms with Crippen molar-refractivity contribution in [3.8, 4) is 0 Å². The van der Waals surface area contributed by atoms with E-state index in [2.05, 4.69) is 19.3 Å². The monoisotopic (exact) mass is 242 g/mol. The molecular formula is C12H19ClN2O. The third-order valence-electron chi connectivity index (χ3n) is 2.68. The lowest BCUT2D eigenvalue weighted by Crippen LogP contribution is -2.40. The zero-order valence-electron chi connectivity index (χ0n) is 9.91. The molecule has 0 aliphatic carbocycles. The molecule has 3 nitrogen and oxygen atoms in total. The van der Waals surface area contributed by atoms with Gasteiger partial charge < -0.3 is 4.74 Å². The van der Waals surface area contributed by atoms with Gasteiger partial charge in [-0.3, -0.25) is 11.3 Å². The van der Waals surface area contributed by atoms with Crippen LogP contribution < -0.4 is 11.3 Å². The van der Waals surface area contributed by atoms with Crippen molar-refractivity contribution in [1.29, 1.82) is 0 Å². The number of nitrogens with two attached hydrogens (primary N) is 1. The summed E-state index contributed by atoms with van der Waals surface area (Å²) in [5, 5.41) is 0.702. The van der Waals surface area contributed by atoms with E-state index in [1.165, 1.54) is 0 Å². The highest BCUT2D eigenvalue weighted by atomic mass is 35.5. The second-order valence-corrected chi connectivity index (χ2v) is 4.52. The lowest BCUT2D eigenvalue weighted by atomic mass is 9.94. The molecule has 2 unspecified atom stereocenters. The Morgan fingerprint density at radius 2 is 1.94 bits per heavy atom. The van der Waals surface area contributed by atoms with Crippen LogP contribution in [0.1, 0.15) is 25.5 Å². The Labute approximate surface area is 102 Å². The van der Waals surface area contributed by atoms with Gasteiger partial charge in [-0.2, -0.15) is 0 Å². The van der Waals surface area contributed by atoms with Gasteiger partial charge in [-0.05, 0) is 17.5 Å². The van der Waals surface area contributed by atoms with Crippen LogP contribution in [0.4, 0.5) is 0 Å². The van der Waals surface area contributed by atoms with Crippen LogP contribution in [0.3, 0.4) is 0 Å². The number of rotatable bonds is 5. The first-order chi connectivity index (χ1) is 7.61. The van der Waals surface area contributed by atoms with E-state index in [4.69, 9.17) is 22.2 Å². The highest BCUT2D eigenvalue weighted by molar-refractivity contribution is 6.31. The van der Waals surface area contributed by atoms with Gasteiger partial charge in [0.05, 0.1) is 12.1 Å². The Balaban J connectivity index is 3.02. The largest absolute Gasteiger partial charge is 0.379 e. The average molecular weight is 243 g/mol. The van der Waals surface area contributed by atoms with Crippen LogP contribution >= 0.6 is 11.6 Å². The topological polar surface area (TPSA) is 47.3 Å². The fourth-order valence-corrected chi connectivity index (χ4v) is 2.14. The summed E-state index contributed by atoms with van der Waals surface area (Å²) in [5.41, 5.74) is 3.75. The van der Waals surface area contributed by atoms with Crippen LogP contribution in [0.25, 0.3) is 0 Å². The zero-order chi connectivity index (χ0) is 12.1. The molecule has 0 aliphatic heterocycles. The van der Waals surface area contributed by atoms with Crippen LogP contribution in [-0.2, 0) is 4.74 Å². The molecule has 0 saturated carbocycles. The second kappa shape index (κ2) is 6.21. The van der Waals surface area contributed by atoms with Crippen LogP contribution in [0.15, 0.2) is 24.3 Å². The average Bonchev–Trinajstić information content (AvgIpc) is 2.26. The number of ether oxygens (including phenoxy) is 1. The number of benzene rings is 1. The van der Waals surface area contributed by atoms with Gasteiger partial charge in [-0.15, -0.1) is 0 Å². The molecule has 0 radical (unpaired) electrons. The summed E-state index contributed by atoms with van der Waals surface area (Å²) in [4.78, 5) is 0. The van der Waals surface area contributed by atoms with Crippen molar-refractivity contribution < 1.29 is 4.74 Å². The van der Waals surface area contributed by atoms with Crippen molar-refractivity contribution in [3.63, 3.8) is 0 Å². The molecule has 0 aromatic heterocycles. The number of methoxy groups -OCH3 is 1. The summed E-state index contributed by atoms with van der Waals surface area (Å²) in [6, 6.07) is 7.56. The van der Waals surface area contributed by atoms with E-state index in [-0.39, 0.29) is 12.1 Å². The normalized spacial score (nSPS) is 15.1. The number of hydrazine groups is 1. The van der Waals surface area contributed by atoms with E-state index in [0.29, 0.717) is 10.9 Å². The maximum absolute atomic E-state index is 6.15. The summed E-state index contributed by atoms with van der Waals surface area (Å²) < 4.78 is 5.47. The molecule has 0 saturated heterocycles. The lowest BCUT2D eigenvalue weighted by Gasteiger charge is -2.29. The summed E-state index contributed by atoms with van der Waals surface area (Å²) >= 11 is 6.15. The molecule has 4 heteroatoms. The molecule has 3 N–H and O–H groups in total. The van der Waals surface area contributed by atoms with Gasteiger partial charge in [0.1, 0.15) is 0 Å². The standard InChI is InChI=1S/C12H19ClN2O/c1-8(2)12(16-3)11(15-14)9-6-4-5-7-10(9)13/h4-8,11-12,15H,14H2,1-3H3. The number of halogens is 1. The van der Waals surface area contributed by atoms with Gasteiger partial charge in [-0.1, -0.05) is 43.6 Å². The molecule has 0 bridgehead atoms. The first kappa shape index (κ1) is 13.5. The van der Waals surface area contributed by atoms with Crippen molar-refractivity contribution in [2.75, 3.05) is 7.11 Å². The Bertz CT molecular complexity index is 331. The van der Waals surface area contributed by atoms with Crippen LogP contribution in [0, 0.1) is 5.92 Å². The van der Waals surface area contributed by atoms with Crippen molar-refractivity contribution >= 4 is 11.6 Å². The van der Waals surface area contributed by atoms with Crippen molar-refractivity contribution in [2.24, 2.45) is 11.8 Å². The van der Waals surface area contributed by atoms with Crippen molar-refractivity contribution in [3.05, 3.63) is 34.9 Å². The number of hydrogen-bond donors (Lipinski definition) is 2. The molecule has 0 heterocycles. The molecule has 1 aromatic carbocycles. The van der Waals surface area contributed by atoms with Crippen LogP contribution in [0.5, 0.6) is 0 Å². The Hall–Kier alpha value is -0.610. The minimum atomic E-state index is -0.0984. The molecule has 0 aliphatic rings. The first-order valence-corrected chi connectivity index (χ1v) is 5.73. The molecule has 0 spiro atoms. The highest BCUT2D eigenvalue weighted by Gasteiger charge is 2.26. The first-order valence-electron chi connectivity index (χ1n) is 5.35. The van der Waals surface area contributed by atoms with Gasteiger partial charge in [0.25, 0.3) is 0 Å². The fraction of sp³-hybridized carbons (Fsp3) is 0.500. The van der Waals surface area contributed by atoms with Crippen molar-refractivity contribution in [2.45, 2.75) is 26.0 Å². The second-order valence-electron chi connectivity index (χ2n) is 4.11. The van der Waals surface area contributed by atoms with Gasteiger partial charge >= 0.3 is 0 Å². The summed E-state index contributed by atoms with van der Waals surface area (Å²) in [6.45, 7) is 4.19. The Morgan fingerprint density at radius 1 is 1.31 bits per heavy atom. The maximum Gasteiger partial charge on any atom is 0.0802 e. The SMILES string of the molecule is COC(C(C)C)C(NN)c1ccccc1Cl. The molecule has 0 amide bonds. The Morgan fingerprint density at radius 3 is 2.38 bits per heavy atom. The third kappa shape index (κ3) is 2.95. The number of nitrogens with one attached hydrogen (secondary N) is 1. The summed E-state index contributed by atoms with van der Waals surface area (Å²) in [5.74, 6) is 5.95. The van der Waals surface area contributed by atoms with E-state index in [1.807, 2.05) is 24.3 Å². The molecular weight excluding hydrogens is 224 g/mol. The summed E-state index contributed by atoms with van der Waals surface area (Å²) in [7, 11) is 1.69. The lowest BCUT2D eigenvalue weighted by molar-refractivity contribution is 0.0326. The fourth-order valence-electron chi connectivity index (χ4n) is 1.88. The smallest absolute Gasteiger partial charge is 0.0802 e. The number of hydrogen-bond acceptors (Lipinski definition) is 3. The van der Waals surface area contributed by atoms with Gasteiger partial charge in [0.2, 0.25) is 0 Å². The van der Waals surface area contributed by atoms with Crippen LogP contribution in [-0.4, -0.2) is 13.2 Å². The molecule has 1 aromatic rings. The quantitative estimate of drug-likeness (QED) is 0.616. The van der Waals surface area contributed by atoms with Crippen LogP contribution in [0.2, 0.25) is 5.02 Å². The van der Waals surface area contributed by atoms with Gasteiger partial charge in [0.15, 0.2) is 0 Å². The highest BCUT2D eigenvalue weighted by Crippen LogP contribution is 2.28. The van der Waals surface area contributed by atoms with E-state index < -0.39 is 0 Å². The predicted octanol–water partition coefficient (Wildman–Crippen LogP) is 2.52.